The Hall–Kier alpha value is -3.22. The highest BCUT2D eigenvalue weighted by Gasteiger charge is 2.16. The van der Waals surface area contributed by atoms with Crippen LogP contribution >= 0.6 is 0 Å². The van der Waals surface area contributed by atoms with Gasteiger partial charge in [0.05, 0.1) is 22.7 Å². The van der Waals surface area contributed by atoms with Crippen molar-refractivity contribution in [2.24, 2.45) is 0 Å². The second-order valence-corrected chi connectivity index (χ2v) is 5.26. The van der Waals surface area contributed by atoms with Crippen LogP contribution < -0.4 is 0 Å². The molecule has 0 aromatic heterocycles. The first-order valence-electron chi connectivity index (χ1n) is 7.60. The number of benzene rings is 2. The maximum Gasteiger partial charge on any atom is 0.338 e. The van der Waals surface area contributed by atoms with Crippen molar-refractivity contribution in [3.05, 3.63) is 74.8 Å². The number of hydrogen-bond acceptors (Lipinski definition) is 6. The average Bonchev–Trinajstić information content (AvgIpc) is 2.60. The molecule has 7 nitrogen and oxygen atoms in total. The quantitative estimate of drug-likeness (QED) is 0.453. The van der Waals surface area contributed by atoms with E-state index in [1.165, 1.54) is 18.2 Å². The third kappa shape index (κ3) is 4.63. The first kappa shape index (κ1) is 18.1. The number of esters is 2. The summed E-state index contributed by atoms with van der Waals surface area (Å²) in [7, 11) is 0. The lowest BCUT2D eigenvalue weighted by Gasteiger charge is -2.07. The molecule has 2 aromatic carbocycles. The van der Waals surface area contributed by atoms with Gasteiger partial charge in [0.15, 0.2) is 0 Å². The van der Waals surface area contributed by atoms with Gasteiger partial charge in [-0.3, -0.25) is 10.1 Å². The summed E-state index contributed by atoms with van der Waals surface area (Å²) in [6.07, 6.45) is 0. The number of rotatable bonds is 6. The van der Waals surface area contributed by atoms with Gasteiger partial charge >= 0.3 is 11.9 Å². The molecule has 0 unspecified atom stereocenters. The number of aryl methyl sites for hydroxylation is 1. The molecule has 0 saturated heterocycles. The summed E-state index contributed by atoms with van der Waals surface area (Å²) < 4.78 is 10.1. The van der Waals surface area contributed by atoms with Gasteiger partial charge in [-0.25, -0.2) is 9.59 Å². The van der Waals surface area contributed by atoms with E-state index < -0.39 is 16.9 Å². The Kier molecular flexibility index (Phi) is 5.84. The summed E-state index contributed by atoms with van der Waals surface area (Å²) in [6.45, 7) is 3.51. The monoisotopic (exact) mass is 343 g/mol. The second kappa shape index (κ2) is 8.05. The zero-order chi connectivity index (χ0) is 18.4. The van der Waals surface area contributed by atoms with E-state index in [4.69, 9.17) is 9.47 Å². The lowest BCUT2D eigenvalue weighted by Crippen LogP contribution is -2.08. The van der Waals surface area contributed by atoms with Gasteiger partial charge in [0.25, 0.3) is 5.69 Å². The normalized spacial score (nSPS) is 10.2. The second-order valence-electron chi connectivity index (χ2n) is 5.26. The fourth-order valence-corrected chi connectivity index (χ4v) is 2.17. The maximum atomic E-state index is 12.1. The van der Waals surface area contributed by atoms with Crippen LogP contribution in [0.4, 0.5) is 5.69 Å². The molecule has 0 heterocycles. The first-order valence-corrected chi connectivity index (χ1v) is 7.60. The summed E-state index contributed by atoms with van der Waals surface area (Å²) in [6, 6.07) is 10.7. The topological polar surface area (TPSA) is 95.7 Å². The van der Waals surface area contributed by atoms with Crippen LogP contribution in [0.1, 0.15) is 38.8 Å². The average molecular weight is 343 g/mol. The summed E-state index contributed by atoms with van der Waals surface area (Å²) in [4.78, 5) is 34.2. The molecule has 2 aromatic rings. The standard InChI is InChI=1S/C18H17NO6/c1-3-24-17(20)14-6-4-5-13(9-14)11-25-18(21)15-8-7-12(2)16(10-15)19(22)23/h4-10H,3,11H2,1-2H3. The molecule has 25 heavy (non-hydrogen) atoms. The van der Waals surface area contributed by atoms with E-state index >= 15 is 0 Å². The Bertz CT molecular complexity index is 815. The molecule has 2 rings (SSSR count). The molecule has 0 amide bonds. The highest BCUT2D eigenvalue weighted by Crippen LogP contribution is 2.20. The van der Waals surface area contributed by atoms with Crippen LogP contribution in [0.15, 0.2) is 42.5 Å². The molecule has 0 aliphatic carbocycles. The molecule has 0 aliphatic rings. The molecule has 0 spiro atoms. The van der Waals surface area contributed by atoms with Crippen LogP contribution in [-0.2, 0) is 16.1 Å². The van der Waals surface area contributed by atoms with Crippen LogP contribution in [0.5, 0.6) is 0 Å². The highest BCUT2D eigenvalue weighted by molar-refractivity contribution is 5.91. The fraction of sp³-hybridized carbons (Fsp3) is 0.222. The Morgan fingerprint density at radius 3 is 2.40 bits per heavy atom. The van der Waals surface area contributed by atoms with E-state index in [0.717, 1.165) is 0 Å². The summed E-state index contributed by atoms with van der Waals surface area (Å²) in [5.41, 5.74) is 1.39. The summed E-state index contributed by atoms with van der Waals surface area (Å²) >= 11 is 0. The summed E-state index contributed by atoms with van der Waals surface area (Å²) in [5, 5.41) is 10.9. The Morgan fingerprint density at radius 1 is 1.04 bits per heavy atom. The largest absolute Gasteiger partial charge is 0.462 e. The van der Waals surface area contributed by atoms with Gasteiger partial charge in [0, 0.05) is 11.6 Å². The Morgan fingerprint density at radius 2 is 1.72 bits per heavy atom. The minimum atomic E-state index is -0.676. The lowest BCUT2D eigenvalue weighted by atomic mass is 10.1. The number of nitro benzene ring substituents is 1. The van der Waals surface area contributed by atoms with Gasteiger partial charge < -0.3 is 9.47 Å². The SMILES string of the molecule is CCOC(=O)c1cccc(COC(=O)c2ccc(C)c([N+](=O)[O-])c2)c1. The van der Waals surface area contributed by atoms with Gasteiger partial charge in [-0.05, 0) is 37.6 Å². The van der Waals surface area contributed by atoms with Crippen LogP contribution in [0.2, 0.25) is 0 Å². The zero-order valence-electron chi connectivity index (χ0n) is 13.9. The van der Waals surface area contributed by atoms with Crippen molar-refractivity contribution in [2.75, 3.05) is 6.61 Å². The fourth-order valence-electron chi connectivity index (χ4n) is 2.17. The molecule has 0 fully saturated rings. The molecule has 130 valence electrons. The number of carbonyl (C=O) groups excluding carboxylic acids is 2. The third-order valence-corrected chi connectivity index (χ3v) is 3.45. The molecule has 0 atom stereocenters. The van der Waals surface area contributed by atoms with E-state index in [1.807, 2.05) is 0 Å². The van der Waals surface area contributed by atoms with Gasteiger partial charge in [-0.2, -0.15) is 0 Å². The van der Waals surface area contributed by atoms with Crippen LogP contribution in [0, 0.1) is 17.0 Å². The minimum absolute atomic E-state index is 0.0618. The first-order chi connectivity index (χ1) is 11.9. The number of hydrogen-bond donors (Lipinski definition) is 0. The van der Waals surface area contributed by atoms with E-state index in [2.05, 4.69) is 0 Å². The van der Waals surface area contributed by atoms with E-state index in [9.17, 15) is 19.7 Å². The molecule has 0 aliphatic heterocycles. The maximum absolute atomic E-state index is 12.1. The van der Waals surface area contributed by atoms with Crippen molar-refractivity contribution in [2.45, 2.75) is 20.5 Å². The van der Waals surface area contributed by atoms with Crippen LogP contribution in [0.3, 0.4) is 0 Å². The number of ether oxygens (including phenoxy) is 2. The molecular weight excluding hydrogens is 326 g/mol. The molecule has 0 N–H and O–H groups in total. The van der Waals surface area contributed by atoms with E-state index in [0.29, 0.717) is 16.7 Å². The smallest absolute Gasteiger partial charge is 0.338 e. The van der Waals surface area contributed by atoms with E-state index in [1.54, 1.807) is 38.1 Å². The molecule has 0 bridgehead atoms. The highest BCUT2D eigenvalue weighted by atomic mass is 16.6. The zero-order valence-corrected chi connectivity index (χ0v) is 13.9. The number of nitro groups is 1. The predicted octanol–water partition coefficient (Wildman–Crippen LogP) is 3.44. The van der Waals surface area contributed by atoms with Crippen molar-refractivity contribution in [1.29, 1.82) is 0 Å². The van der Waals surface area contributed by atoms with Gasteiger partial charge in [0.2, 0.25) is 0 Å². The van der Waals surface area contributed by atoms with Gasteiger partial charge in [-0.15, -0.1) is 0 Å². The summed E-state index contributed by atoms with van der Waals surface area (Å²) in [5.74, 6) is -1.13. The van der Waals surface area contributed by atoms with E-state index in [-0.39, 0.29) is 24.5 Å². The molecule has 0 saturated carbocycles. The van der Waals surface area contributed by atoms with Crippen molar-refractivity contribution in [3.63, 3.8) is 0 Å². The Labute approximate surface area is 144 Å². The Balaban J connectivity index is 2.08. The minimum Gasteiger partial charge on any atom is -0.462 e. The van der Waals surface area contributed by atoms with Crippen molar-refractivity contribution in [1.82, 2.24) is 0 Å². The van der Waals surface area contributed by atoms with Crippen molar-refractivity contribution >= 4 is 17.6 Å². The molecule has 7 heteroatoms. The predicted molar refractivity (Wildman–Crippen MR) is 89.4 cm³/mol. The van der Waals surface area contributed by atoms with Crippen LogP contribution in [0.25, 0.3) is 0 Å². The number of carbonyl (C=O) groups is 2. The number of nitrogens with zero attached hydrogens (tertiary/aromatic N) is 1. The third-order valence-electron chi connectivity index (χ3n) is 3.45. The lowest BCUT2D eigenvalue weighted by molar-refractivity contribution is -0.385. The van der Waals surface area contributed by atoms with Gasteiger partial charge in [0.1, 0.15) is 6.61 Å². The molecule has 0 radical (unpaired) electrons. The van der Waals surface area contributed by atoms with Crippen molar-refractivity contribution < 1.29 is 24.0 Å². The van der Waals surface area contributed by atoms with Gasteiger partial charge in [-0.1, -0.05) is 18.2 Å². The van der Waals surface area contributed by atoms with Crippen molar-refractivity contribution in [3.8, 4) is 0 Å². The van der Waals surface area contributed by atoms with Crippen LogP contribution in [-0.4, -0.2) is 23.5 Å². The molecular formula is C18H17NO6.